The fourth-order valence-corrected chi connectivity index (χ4v) is 3.77. The molecule has 6 nitrogen and oxygen atoms in total. The number of amides is 1. The second-order valence-electron chi connectivity index (χ2n) is 6.76. The molecule has 0 aliphatic carbocycles. The molecule has 3 rings (SSSR count). The van der Waals surface area contributed by atoms with E-state index in [-0.39, 0.29) is 11.9 Å². The van der Waals surface area contributed by atoms with Gasteiger partial charge in [0.05, 0.1) is 18.7 Å². The van der Waals surface area contributed by atoms with Gasteiger partial charge in [0.1, 0.15) is 0 Å². The number of rotatable bonds is 6. The van der Waals surface area contributed by atoms with E-state index in [4.69, 9.17) is 16.3 Å². The summed E-state index contributed by atoms with van der Waals surface area (Å²) in [4.78, 5) is 25.2. The van der Waals surface area contributed by atoms with E-state index in [1.54, 1.807) is 43.3 Å². The number of aryl methyl sites for hydroxylation is 1. The number of esters is 1. The molecule has 0 radical (unpaired) electrons. The van der Waals surface area contributed by atoms with Crippen LogP contribution in [0.2, 0.25) is 5.02 Å². The van der Waals surface area contributed by atoms with E-state index in [1.807, 2.05) is 31.4 Å². The standard InChI is InChI=1S/C22H24ClN3O3/c1-5-25-15(4)26(14(3)21(27)24-18-9-7-8-17(23)13-18)20-12-16(10-11-19(20)25)22(28)29-6-2/h7-14H,5-6H2,1-4H3/p+1/t14-/m0/s1. The predicted molar refractivity (Wildman–Crippen MR) is 113 cm³/mol. The molecular formula is C22H25ClN3O3+. The second-order valence-corrected chi connectivity index (χ2v) is 7.20. The van der Waals surface area contributed by atoms with Crippen LogP contribution in [0.1, 0.15) is 43.0 Å². The molecule has 7 heteroatoms. The number of nitrogens with zero attached hydrogens (tertiary/aromatic N) is 2. The van der Waals surface area contributed by atoms with Crippen LogP contribution in [0.25, 0.3) is 11.0 Å². The summed E-state index contributed by atoms with van der Waals surface area (Å²) in [5.74, 6) is 0.383. The Balaban J connectivity index is 2.04. The summed E-state index contributed by atoms with van der Waals surface area (Å²) >= 11 is 6.02. The number of carbonyl (C=O) groups excluding carboxylic acids is 2. The Bertz CT molecular complexity index is 1070. The average Bonchev–Trinajstić information content (AvgIpc) is 2.97. The summed E-state index contributed by atoms with van der Waals surface area (Å²) in [5.41, 5.74) is 2.87. The predicted octanol–water partition coefficient (Wildman–Crippen LogP) is 4.29. The highest BCUT2D eigenvalue weighted by Gasteiger charge is 2.30. The fourth-order valence-electron chi connectivity index (χ4n) is 3.58. The fraction of sp³-hybridized carbons (Fsp3) is 0.318. The van der Waals surface area contributed by atoms with Gasteiger partial charge < -0.3 is 10.1 Å². The van der Waals surface area contributed by atoms with Crippen LogP contribution in [0.3, 0.4) is 0 Å². The Hall–Kier alpha value is -2.86. The molecular weight excluding hydrogens is 390 g/mol. The molecule has 152 valence electrons. The minimum atomic E-state index is -0.498. The molecule has 1 heterocycles. The number of fused-ring (bicyclic) bond motifs is 1. The third kappa shape index (κ3) is 4.12. The largest absolute Gasteiger partial charge is 0.462 e. The molecule has 0 spiro atoms. The van der Waals surface area contributed by atoms with Crippen LogP contribution < -0.4 is 9.88 Å². The first-order chi connectivity index (χ1) is 13.9. The van der Waals surface area contributed by atoms with E-state index in [2.05, 4.69) is 9.88 Å². The van der Waals surface area contributed by atoms with Crippen LogP contribution in [0.15, 0.2) is 42.5 Å². The number of halogens is 1. The smallest absolute Gasteiger partial charge is 0.338 e. The van der Waals surface area contributed by atoms with Gasteiger partial charge in [0.15, 0.2) is 17.1 Å². The van der Waals surface area contributed by atoms with Crippen molar-refractivity contribution in [3.8, 4) is 0 Å². The molecule has 2 aromatic carbocycles. The minimum absolute atomic E-state index is 0.169. The number of hydrogen-bond acceptors (Lipinski definition) is 3. The lowest BCUT2D eigenvalue weighted by molar-refractivity contribution is -0.675. The van der Waals surface area contributed by atoms with Crippen LogP contribution in [0.4, 0.5) is 5.69 Å². The van der Waals surface area contributed by atoms with Crippen molar-refractivity contribution in [3.63, 3.8) is 0 Å². The summed E-state index contributed by atoms with van der Waals surface area (Å²) in [6.07, 6.45) is 0. The van der Waals surface area contributed by atoms with Gasteiger partial charge >= 0.3 is 5.97 Å². The van der Waals surface area contributed by atoms with Gasteiger partial charge in [0, 0.05) is 23.7 Å². The van der Waals surface area contributed by atoms with Crippen molar-refractivity contribution in [1.82, 2.24) is 4.57 Å². The lowest BCUT2D eigenvalue weighted by Crippen LogP contribution is -2.36. The van der Waals surface area contributed by atoms with Gasteiger partial charge in [-0.15, -0.1) is 0 Å². The lowest BCUT2D eigenvalue weighted by atomic mass is 10.2. The average molecular weight is 415 g/mol. The van der Waals surface area contributed by atoms with Crippen LogP contribution in [-0.4, -0.2) is 23.1 Å². The summed E-state index contributed by atoms with van der Waals surface area (Å²) in [5, 5.41) is 3.47. The van der Waals surface area contributed by atoms with Crippen LogP contribution in [0, 0.1) is 6.92 Å². The summed E-state index contributed by atoms with van der Waals surface area (Å²) in [6.45, 7) is 8.68. The highest BCUT2D eigenvalue weighted by atomic mass is 35.5. The maximum absolute atomic E-state index is 13.0. The molecule has 0 bridgehead atoms. The van der Waals surface area contributed by atoms with E-state index in [1.165, 1.54) is 0 Å². The van der Waals surface area contributed by atoms with Gasteiger partial charge in [0.25, 0.3) is 11.7 Å². The topological polar surface area (TPSA) is 64.2 Å². The van der Waals surface area contributed by atoms with Crippen LogP contribution >= 0.6 is 11.6 Å². The van der Waals surface area contributed by atoms with Crippen molar-refractivity contribution in [2.24, 2.45) is 0 Å². The molecule has 3 aromatic rings. The Kier molecular flexibility index (Phi) is 6.23. The lowest BCUT2D eigenvalue weighted by Gasteiger charge is -2.12. The molecule has 0 aliphatic rings. The van der Waals surface area contributed by atoms with Crippen LogP contribution in [-0.2, 0) is 16.1 Å². The first kappa shape index (κ1) is 20.9. The quantitative estimate of drug-likeness (QED) is 0.483. The molecule has 0 aliphatic heterocycles. The summed E-state index contributed by atoms with van der Waals surface area (Å²) in [7, 11) is 0. The van der Waals surface area contributed by atoms with E-state index >= 15 is 0 Å². The zero-order valence-corrected chi connectivity index (χ0v) is 17.8. The monoisotopic (exact) mass is 414 g/mol. The van der Waals surface area contributed by atoms with Crippen molar-refractivity contribution < 1.29 is 18.9 Å². The first-order valence-corrected chi connectivity index (χ1v) is 10.0. The number of hydrogen-bond donors (Lipinski definition) is 1. The second kappa shape index (κ2) is 8.66. The number of aromatic nitrogens is 2. The van der Waals surface area contributed by atoms with Crippen molar-refractivity contribution in [2.45, 2.75) is 40.3 Å². The van der Waals surface area contributed by atoms with Gasteiger partial charge in [-0.2, -0.15) is 0 Å². The molecule has 29 heavy (non-hydrogen) atoms. The molecule has 1 amide bonds. The SMILES string of the molecule is CCOC(=O)c1ccc2c(c1)n([C@@H](C)C(=O)Nc1cccc(Cl)c1)c(C)[n+]2CC. The third-order valence-electron chi connectivity index (χ3n) is 4.95. The molecule has 1 N–H and O–H groups in total. The zero-order valence-electron chi connectivity index (χ0n) is 17.0. The Morgan fingerprint density at radius 1 is 1.21 bits per heavy atom. The molecule has 1 aromatic heterocycles. The number of nitrogens with one attached hydrogen (secondary N) is 1. The Morgan fingerprint density at radius 3 is 2.62 bits per heavy atom. The normalized spacial score (nSPS) is 12.0. The highest BCUT2D eigenvalue weighted by Crippen LogP contribution is 2.23. The minimum Gasteiger partial charge on any atom is -0.462 e. The van der Waals surface area contributed by atoms with E-state index in [0.29, 0.717) is 22.9 Å². The summed E-state index contributed by atoms with van der Waals surface area (Å²) in [6, 6.07) is 12.0. The number of benzene rings is 2. The summed E-state index contributed by atoms with van der Waals surface area (Å²) < 4.78 is 9.20. The van der Waals surface area contributed by atoms with Gasteiger partial charge in [-0.05, 0) is 51.1 Å². The van der Waals surface area contributed by atoms with Crippen molar-refractivity contribution in [1.29, 1.82) is 0 Å². The third-order valence-corrected chi connectivity index (χ3v) is 5.19. The number of ether oxygens (including phenoxy) is 1. The van der Waals surface area contributed by atoms with Gasteiger partial charge in [0.2, 0.25) is 0 Å². The number of anilines is 1. The maximum Gasteiger partial charge on any atom is 0.338 e. The highest BCUT2D eigenvalue weighted by molar-refractivity contribution is 6.30. The molecule has 0 unspecified atom stereocenters. The zero-order chi connectivity index (χ0) is 21.1. The van der Waals surface area contributed by atoms with Gasteiger partial charge in [-0.25, -0.2) is 13.9 Å². The van der Waals surface area contributed by atoms with Crippen molar-refractivity contribution >= 4 is 40.2 Å². The first-order valence-electron chi connectivity index (χ1n) is 9.65. The van der Waals surface area contributed by atoms with E-state index < -0.39 is 6.04 Å². The van der Waals surface area contributed by atoms with E-state index in [9.17, 15) is 9.59 Å². The molecule has 1 atom stereocenters. The number of imidazole rings is 1. The Labute approximate surface area is 175 Å². The molecule has 0 saturated carbocycles. The van der Waals surface area contributed by atoms with E-state index in [0.717, 1.165) is 23.4 Å². The van der Waals surface area contributed by atoms with Crippen molar-refractivity contribution in [2.75, 3.05) is 11.9 Å². The maximum atomic E-state index is 13.0. The number of carbonyl (C=O) groups is 2. The Morgan fingerprint density at radius 2 is 1.97 bits per heavy atom. The van der Waals surface area contributed by atoms with Gasteiger partial charge in [-0.1, -0.05) is 17.7 Å². The van der Waals surface area contributed by atoms with Gasteiger partial charge in [-0.3, -0.25) is 4.79 Å². The molecule has 0 saturated heterocycles. The van der Waals surface area contributed by atoms with Crippen LogP contribution in [0.5, 0.6) is 0 Å². The van der Waals surface area contributed by atoms with Crippen molar-refractivity contribution in [3.05, 3.63) is 58.9 Å². The molecule has 0 fully saturated rings.